The van der Waals surface area contributed by atoms with E-state index >= 15 is 0 Å². The van der Waals surface area contributed by atoms with Crippen molar-refractivity contribution in [3.63, 3.8) is 0 Å². The van der Waals surface area contributed by atoms with Gasteiger partial charge >= 0.3 is 11.0 Å². The first-order valence-electron chi connectivity index (χ1n) is 5.13. The molecule has 96 valence electrons. The van der Waals surface area contributed by atoms with Crippen LogP contribution in [0.4, 0.5) is 10.1 Å². The standard InChI is InChI=1S/C9H9N3O5S/c13-6(4-17-8(14)5-1-2-5)11-9-10-3-7(18-9)12(15)16/h3,5H,1-2,4H2,(H,10,11,13). The number of nitro groups is 1. The molecule has 1 fully saturated rings. The molecule has 0 aliphatic heterocycles. The molecule has 1 heterocycles. The summed E-state index contributed by atoms with van der Waals surface area (Å²) < 4.78 is 4.75. The molecule has 0 spiro atoms. The van der Waals surface area contributed by atoms with Crippen molar-refractivity contribution in [3.8, 4) is 0 Å². The van der Waals surface area contributed by atoms with Crippen LogP contribution in [-0.2, 0) is 14.3 Å². The van der Waals surface area contributed by atoms with Gasteiger partial charge in [0.1, 0.15) is 6.20 Å². The minimum atomic E-state index is -0.597. The first-order valence-corrected chi connectivity index (χ1v) is 5.94. The number of carbonyl (C=O) groups is 2. The van der Waals surface area contributed by atoms with Gasteiger partial charge in [-0.25, -0.2) is 4.98 Å². The number of esters is 1. The van der Waals surface area contributed by atoms with Crippen molar-refractivity contribution in [1.29, 1.82) is 0 Å². The Morgan fingerprint density at radius 2 is 2.33 bits per heavy atom. The molecule has 1 aromatic rings. The molecule has 0 aromatic carbocycles. The Morgan fingerprint density at radius 3 is 2.89 bits per heavy atom. The van der Waals surface area contributed by atoms with E-state index in [0.717, 1.165) is 30.4 Å². The molecule has 1 aliphatic carbocycles. The van der Waals surface area contributed by atoms with Gasteiger partial charge < -0.3 is 4.74 Å². The number of amides is 1. The second-order valence-corrected chi connectivity index (χ2v) is 4.70. The summed E-state index contributed by atoms with van der Waals surface area (Å²) in [7, 11) is 0. The first kappa shape index (κ1) is 12.4. The number of anilines is 1. The van der Waals surface area contributed by atoms with Gasteiger partial charge in [0.05, 0.1) is 10.8 Å². The molecule has 9 heteroatoms. The zero-order chi connectivity index (χ0) is 13.1. The second kappa shape index (κ2) is 5.08. The van der Waals surface area contributed by atoms with Gasteiger partial charge in [-0.1, -0.05) is 0 Å². The zero-order valence-corrected chi connectivity index (χ0v) is 9.94. The number of hydrogen-bond donors (Lipinski definition) is 1. The number of carbonyl (C=O) groups excluding carboxylic acids is 2. The molecule has 1 aromatic heterocycles. The summed E-state index contributed by atoms with van der Waals surface area (Å²) >= 11 is 0.740. The third-order valence-electron chi connectivity index (χ3n) is 2.18. The van der Waals surface area contributed by atoms with Crippen LogP contribution in [0.25, 0.3) is 0 Å². The van der Waals surface area contributed by atoms with Crippen LogP contribution in [0.1, 0.15) is 12.8 Å². The van der Waals surface area contributed by atoms with Gasteiger partial charge in [0.25, 0.3) is 5.91 Å². The summed E-state index contributed by atoms with van der Waals surface area (Å²) in [6.07, 6.45) is 2.66. The average Bonchev–Trinajstić information content (AvgIpc) is 3.07. The Bertz CT molecular complexity index is 496. The van der Waals surface area contributed by atoms with Crippen LogP contribution in [0, 0.1) is 16.0 Å². The Balaban J connectivity index is 1.78. The Kier molecular flexibility index (Phi) is 3.51. The van der Waals surface area contributed by atoms with Crippen molar-refractivity contribution in [2.75, 3.05) is 11.9 Å². The summed E-state index contributed by atoms with van der Waals surface area (Å²) in [6, 6.07) is 0. The lowest BCUT2D eigenvalue weighted by Crippen LogP contribution is -2.21. The highest BCUT2D eigenvalue weighted by molar-refractivity contribution is 7.18. The van der Waals surface area contributed by atoms with Crippen molar-refractivity contribution < 1.29 is 19.2 Å². The second-order valence-electron chi connectivity index (χ2n) is 3.69. The van der Waals surface area contributed by atoms with E-state index in [1.807, 2.05) is 0 Å². The molecule has 0 bridgehead atoms. The SMILES string of the molecule is O=C(COC(=O)C1CC1)Nc1ncc([N+](=O)[O-])s1. The maximum Gasteiger partial charge on any atom is 0.345 e. The predicted octanol–water partition coefficient (Wildman–Crippen LogP) is 0.943. The van der Waals surface area contributed by atoms with E-state index in [2.05, 4.69) is 10.3 Å². The van der Waals surface area contributed by atoms with Gasteiger partial charge in [-0.2, -0.15) is 0 Å². The fourth-order valence-corrected chi connectivity index (χ4v) is 1.79. The number of thiazole rings is 1. The summed E-state index contributed by atoms with van der Waals surface area (Å²) in [5, 5.41) is 12.6. The van der Waals surface area contributed by atoms with Crippen LogP contribution in [0.15, 0.2) is 6.20 Å². The molecule has 1 saturated carbocycles. The van der Waals surface area contributed by atoms with E-state index < -0.39 is 17.4 Å². The largest absolute Gasteiger partial charge is 0.455 e. The normalized spacial score (nSPS) is 14.0. The van der Waals surface area contributed by atoms with E-state index in [0.29, 0.717) is 0 Å². The van der Waals surface area contributed by atoms with E-state index in [4.69, 9.17) is 4.74 Å². The minimum Gasteiger partial charge on any atom is -0.455 e. The van der Waals surface area contributed by atoms with Crippen LogP contribution in [0.3, 0.4) is 0 Å². The molecular weight excluding hydrogens is 262 g/mol. The number of nitrogens with zero attached hydrogens (tertiary/aromatic N) is 2. The highest BCUT2D eigenvalue weighted by Crippen LogP contribution is 2.30. The third-order valence-corrected chi connectivity index (χ3v) is 3.04. The maximum absolute atomic E-state index is 11.3. The van der Waals surface area contributed by atoms with Crippen LogP contribution >= 0.6 is 11.3 Å². The monoisotopic (exact) mass is 271 g/mol. The Labute approximate surface area is 105 Å². The van der Waals surface area contributed by atoms with Crippen LogP contribution in [0.5, 0.6) is 0 Å². The molecule has 0 atom stereocenters. The quantitative estimate of drug-likeness (QED) is 0.484. The third kappa shape index (κ3) is 3.23. The Morgan fingerprint density at radius 1 is 1.61 bits per heavy atom. The Hall–Kier alpha value is -2.03. The van der Waals surface area contributed by atoms with E-state index in [1.54, 1.807) is 0 Å². The van der Waals surface area contributed by atoms with E-state index in [-0.39, 0.29) is 22.0 Å². The smallest absolute Gasteiger partial charge is 0.345 e. The molecule has 1 amide bonds. The van der Waals surface area contributed by atoms with Crippen LogP contribution in [0.2, 0.25) is 0 Å². The van der Waals surface area contributed by atoms with Gasteiger partial charge in [0, 0.05) is 0 Å². The molecule has 1 N–H and O–H groups in total. The van der Waals surface area contributed by atoms with Gasteiger partial charge in [-0.3, -0.25) is 25.0 Å². The van der Waals surface area contributed by atoms with Gasteiger partial charge in [-0.15, -0.1) is 0 Å². The number of ether oxygens (including phenoxy) is 1. The van der Waals surface area contributed by atoms with Crippen molar-refractivity contribution in [2.24, 2.45) is 5.92 Å². The lowest BCUT2D eigenvalue weighted by molar-refractivity contribution is -0.380. The molecule has 2 rings (SSSR count). The highest BCUT2D eigenvalue weighted by atomic mass is 32.1. The molecule has 8 nitrogen and oxygen atoms in total. The van der Waals surface area contributed by atoms with Gasteiger partial charge in [0.2, 0.25) is 0 Å². The van der Waals surface area contributed by atoms with Crippen molar-refractivity contribution in [1.82, 2.24) is 4.98 Å². The van der Waals surface area contributed by atoms with Crippen molar-refractivity contribution in [3.05, 3.63) is 16.3 Å². The summed E-state index contributed by atoms with van der Waals surface area (Å²) in [5.74, 6) is -1.01. The lowest BCUT2D eigenvalue weighted by Gasteiger charge is -2.02. The summed E-state index contributed by atoms with van der Waals surface area (Å²) in [5.41, 5.74) is 0. The van der Waals surface area contributed by atoms with Crippen LogP contribution < -0.4 is 5.32 Å². The average molecular weight is 271 g/mol. The number of nitrogens with one attached hydrogen (secondary N) is 1. The highest BCUT2D eigenvalue weighted by Gasteiger charge is 2.31. The van der Waals surface area contributed by atoms with Crippen molar-refractivity contribution >= 4 is 33.3 Å². The predicted molar refractivity (Wildman–Crippen MR) is 61.1 cm³/mol. The van der Waals surface area contributed by atoms with Gasteiger partial charge in [0.15, 0.2) is 11.7 Å². The topological polar surface area (TPSA) is 111 Å². The summed E-state index contributed by atoms with van der Waals surface area (Å²) in [4.78, 5) is 35.9. The molecule has 0 saturated heterocycles. The minimum absolute atomic E-state index is 0.0706. The zero-order valence-electron chi connectivity index (χ0n) is 9.12. The molecule has 0 radical (unpaired) electrons. The number of rotatable bonds is 5. The fourth-order valence-electron chi connectivity index (χ4n) is 1.14. The number of aromatic nitrogens is 1. The lowest BCUT2D eigenvalue weighted by atomic mass is 10.4. The fraction of sp³-hybridized carbons (Fsp3) is 0.444. The molecule has 0 unspecified atom stereocenters. The molecular formula is C9H9N3O5S. The molecule has 18 heavy (non-hydrogen) atoms. The van der Waals surface area contributed by atoms with Crippen molar-refractivity contribution in [2.45, 2.75) is 12.8 Å². The van der Waals surface area contributed by atoms with E-state index in [9.17, 15) is 19.7 Å². The van der Waals surface area contributed by atoms with Gasteiger partial charge in [-0.05, 0) is 24.2 Å². The maximum atomic E-state index is 11.3. The summed E-state index contributed by atoms with van der Waals surface area (Å²) in [6.45, 7) is -0.400. The van der Waals surface area contributed by atoms with Crippen LogP contribution in [-0.4, -0.2) is 28.4 Å². The number of hydrogen-bond acceptors (Lipinski definition) is 7. The van der Waals surface area contributed by atoms with E-state index in [1.165, 1.54) is 0 Å². The first-order chi connectivity index (χ1) is 8.56. The molecule has 1 aliphatic rings.